The third-order valence-corrected chi connectivity index (χ3v) is 3.94. The molecule has 6 heteroatoms. The van der Waals surface area contributed by atoms with Crippen LogP contribution in [0.2, 0.25) is 0 Å². The molecule has 0 N–H and O–H groups in total. The molecule has 0 bridgehead atoms. The molecule has 2 nitrogen and oxygen atoms in total. The number of nitrogens with zero attached hydrogens (tertiary/aromatic N) is 1. The number of hydrogen-bond acceptors (Lipinski definition) is 1. The summed E-state index contributed by atoms with van der Waals surface area (Å²) < 4.78 is 39.4. The Morgan fingerprint density at radius 2 is 1.95 bits per heavy atom. The number of carbonyl (C=O) groups excluding carboxylic acids is 1. The minimum atomic E-state index is -4.36. The summed E-state index contributed by atoms with van der Waals surface area (Å²) in [6.45, 7) is 0.157. The van der Waals surface area contributed by atoms with E-state index in [1.165, 1.54) is 6.07 Å². The molecular formula is C13H13BrF3NO. The van der Waals surface area contributed by atoms with Gasteiger partial charge in [0, 0.05) is 11.0 Å². The first-order chi connectivity index (χ1) is 8.91. The molecule has 19 heavy (non-hydrogen) atoms. The van der Waals surface area contributed by atoms with Gasteiger partial charge in [-0.3, -0.25) is 4.79 Å². The molecule has 1 heterocycles. The first-order valence-corrected chi connectivity index (χ1v) is 6.83. The molecule has 1 aliphatic heterocycles. The van der Waals surface area contributed by atoms with Gasteiger partial charge in [-0.25, -0.2) is 0 Å². The number of likely N-dealkylation sites (tertiary alicyclic amines) is 1. The van der Waals surface area contributed by atoms with Gasteiger partial charge >= 0.3 is 6.18 Å². The largest absolute Gasteiger partial charge is 0.408 e. The molecule has 104 valence electrons. The molecule has 1 saturated heterocycles. The number of alkyl halides is 3. The van der Waals surface area contributed by atoms with Gasteiger partial charge in [0.2, 0.25) is 0 Å². The molecule has 1 amide bonds. The topological polar surface area (TPSA) is 20.3 Å². The number of benzene rings is 1. The maximum Gasteiger partial charge on any atom is 0.408 e. The SMILES string of the molecule is O=C(c1ccccc1Br)N1CCCCC1C(F)(F)F. The monoisotopic (exact) mass is 335 g/mol. The molecule has 1 atom stereocenters. The smallest absolute Gasteiger partial charge is 0.327 e. The fourth-order valence-corrected chi connectivity index (χ4v) is 2.76. The van der Waals surface area contributed by atoms with Gasteiger partial charge in [-0.2, -0.15) is 13.2 Å². The van der Waals surface area contributed by atoms with Crippen molar-refractivity contribution < 1.29 is 18.0 Å². The maximum absolute atomic E-state index is 13.0. The van der Waals surface area contributed by atoms with Gasteiger partial charge in [0.05, 0.1) is 5.56 Å². The lowest BCUT2D eigenvalue weighted by Gasteiger charge is -2.37. The van der Waals surface area contributed by atoms with E-state index >= 15 is 0 Å². The van der Waals surface area contributed by atoms with Crippen LogP contribution in [0, 0.1) is 0 Å². The second-order valence-electron chi connectivity index (χ2n) is 4.53. The van der Waals surface area contributed by atoms with Gasteiger partial charge in [-0.15, -0.1) is 0 Å². The second kappa shape index (κ2) is 5.53. The average molecular weight is 336 g/mol. The molecule has 0 spiro atoms. The summed E-state index contributed by atoms with van der Waals surface area (Å²) in [5.74, 6) is -0.561. The lowest BCUT2D eigenvalue weighted by molar-refractivity contribution is -0.183. The highest BCUT2D eigenvalue weighted by Gasteiger charge is 2.46. The van der Waals surface area contributed by atoms with Crippen LogP contribution >= 0.6 is 15.9 Å². The molecule has 1 unspecified atom stereocenters. The lowest BCUT2D eigenvalue weighted by Crippen LogP contribution is -2.51. The van der Waals surface area contributed by atoms with Crippen LogP contribution in [0.15, 0.2) is 28.7 Å². The third-order valence-electron chi connectivity index (χ3n) is 3.25. The number of piperidine rings is 1. The van der Waals surface area contributed by atoms with Crippen LogP contribution in [0.4, 0.5) is 13.2 Å². The summed E-state index contributed by atoms with van der Waals surface area (Å²) in [4.78, 5) is 13.2. The van der Waals surface area contributed by atoms with Gasteiger partial charge < -0.3 is 4.90 Å². The van der Waals surface area contributed by atoms with Crippen LogP contribution in [-0.4, -0.2) is 29.6 Å². The molecule has 0 aromatic heterocycles. The summed E-state index contributed by atoms with van der Waals surface area (Å²) in [5, 5.41) is 0. The zero-order valence-corrected chi connectivity index (χ0v) is 11.7. The Hall–Kier alpha value is -1.04. The summed E-state index contributed by atoms with van der Waals surface area (Å²) in [6, 6.07) is 4.89. The van der Waals surface area contributed by atoms with Crippen molar-refractivity contribution in [1.29, 1.82) is 0 Å². The van der Waals surface area contributed by atoms with Crippen molar-refractivity contribution in [2.75, 3.05) is 6.54 Å². The lowest BCUT2D eigenvalue weighted by atomic mass is 10.0. The first-order valence-electron chi connectivity index (χ1n) is 6.03. The second-order valence-corrected chi connectivity index (χ2v) is 5.39. The maximum atomic E-state index is 13.0. The molecule has 0 radical (unpaired) electrons. The summed E-state index contributed by atoms with van der Waals surface area (Å²) in [7, 11) is 0. The van der Waals surface area contributed by atoms with E-state index in [1.807, 2.05) is 0 Å². The predicted octanol–water partition coefficient (Wildman–Crippen LogP) is 4.01. The molecule has 1 fully saturated rings. The number of rotatable bonds is 1. The van der Waals surface area contributed by atoms with Gasteiger partial charge in [0.1, 0.15) is 6.04 Å². The minimum Gasteiger partial charge on any atom is -0.327 e. The molecule has 0 aliphatic carbocycles. The zero-order valence-electron chi connectivity index (χ0n) is 10.1. The van der Waals surface area contributed by atoms with Crippen molar-refractivity contribution in [3.05, 3.63) is 34.3 Å². The molecule has 0 saturated carbocycles. The third kappa shape index (κ3) is 3.11. The van der Waals surface area contributed by atoms with E-state index in [2.05, 4.69) is 15.9 Å². The number of carbonyl (C=O) groups is 1. The van der Waals surface area contributed by atoms with Crippen LogP contribution in [0.25, 0.3) is 0 Å². The Kier molecular flexibility index (Phi) is 4.18. The van der Waals surface area contributed by atoms with E-state index in [9.17, 15) is 18.0 Å². The molecule has 1 aliphatic rings. The average Bonchev–Trinajstić information content (AvgIpc) is 2.37. The Labute approximate surface area is 117 Å². The van der Waals surface area contributed by atoms with E-state index in [4.69, 9.17) is 0 Å². The fourth-order valence-electron chi connectivity index (χ4n) is 2.30. The number of hydrogen-bond donors (Lipinski definition) is 0. The van der Waals surface area contributed by atoms with Crippen LogP contribution < -0.4 is 0 Å². The van der Waals surface area contributed by atoms with Crippen molar-refractivity contribution in [2.45, 2.75) is 31.5 Å². The normalized spacial score (nSPS) is 20.4. The Morgan fingerprint density at radius 3 is 2.58 bits per heavy atom. The van der Waals surface area contributed by atoms with Gasteiger partial charge in [-0.1, -0.05) is 12.1 Å². The van der Waals surface area contributed by atoms with Crippen molar-refractivity contribution in [1.82, 2.24) is 4.90 Å². The Morgan fingerprint density at radius 1 is 1.26 bits per heavy atom. The van der Waals surface area contributed by atoms with Gasteiger partial charge in [0.15, 0.2) is 0 Å². The molecule has 2 rings (SSSR count). The van der Waals surface area contributed by atoms with Crippen molar-refractivity contribution >= 4 is 21.8 Å². The predicted molar refractivity (Wildman–Crippen MR) is 68.9 cm³/mol. The van der Waals surface area contributed by atoms with Crippen LogP contribution in [0.3, 0.4) is 0 Å². The highest BCUT2D eigenvalue weighted by Crippen LogP contribution is 2.33. The molecule has 1 aromatic carbocycles. The summed E-state index contributed by atoms with van der Waals surface area (Å²) in [6.07, 6.45) is -3.26. The van der Waals surface area contributed by atoms with Crippen molar-refractivity contribution in [3.63, 3.8) is 0 Å². The Balaban J connectivity index is 2.28. The molecular weight excluding hydrogens is 323 g/mol. The van der Waals surface area contributed by atoms with E-state index in [0.29, 0.717) is 17.3 Å². The van der Waals surface area contributed by atoms with E-state index < -0.39 is 18.1 Å². The Bertz CT molecular complexity index is 475. The zero-order chi connectivity index (χ0) is 14.0. The summed E-state index contributed by atoms with van der Waals surface area (Å²) >= 11 is 3.21. The number of amides is 1. The first kappa shape index (κ1) is 14.4. The van der Waals surface area contributed by atoms with E-state index in [1.54, 1.807) is 18.2 Å². The molecule has 1 aromatic rings. The van der Waals surface area contributed by atoms with Gasteiger partial charge in [0.25, 0.3) is 5.91 Å². The fraction of sp³-hybridized carbons (Fsp3) is 0.462. The van der Waals surface area contributed by atoms with Crippen LogP contribution in [-0.2, 0) is 0 Å². The standard InChI is InChI=1S/C13H13BrF3NO/c14-10-6-2-1-5-9(10)12(19)18-8-4-3-7-11(18)13(15,16)17/h1-2,5-6,11H,3-4,7-8H2. The highest BCUT2D eigenvalue weighted by atomic mass is 79.9. The quantitative estimate of drug-likeness (QED) is 0.759. The van der Waals surface area contributed by atoms with E-state index in [-0.39, 0.29) is 18.5 Å². The van der Waals surface area contributed by atoms with Crippen LogP contribution in [0.5, 0.6) is 0 Å². The van der Waals surface area contributed by atoms with Crippen LogP contribution in [0.1, 0.15) is 29.6 Å². The number of halogens is 4. The summed E-state index contributed by atoms with van der Waals surface area (Å²) in [5.41, 5.74) is 0.277. The van der Waals surface area contributed by atoms with Crippen molar-refractivity contribution in [2.24, 2.45) is 0 Å². The highest BCUT2D eigenvalue weighted by molar-refractivity contribution is 9.10. The van der Waals surface area contributed by atoms with Crippen molar-refractivity contribution in [3.8, 4) is 0 Å². The van der Waals surface area contributed by atoms with Gasteiger partial charge in [-0.05, 0) is 47.3 Å². The minimum absolute atomic E-state index is 0.0142. The van der Waals surface area contributed by atoms with E-state index in [0.717, 1.165) is 4.90 Å².